The molecule has 22 heavy (non-hydrogen) atoms. The fourth-order valence-corrected chi connectivity index (χ4v) is 2.43. The first-order valence-corrected chi connectivity index (χ1v) is 7.41. The maximum absolute atomic E-state index is 12.9. The normalized spacial score (nSPS) is 10.2. The average molecular weight is 368 g/mol. The van der Waals surface area contributed by atoms with Gasteiger partial charge in [0.2, 0.25) is 0 Å². The Kier molecular flexibility index (Phi) is 5.38. The molecular formula is C16H15BrFNO3. The Morgan fingerprint density at radius 1 is 1.27 bits per heavy atom. The predicted molar refractivity (Wildman–Crippen MR) is 86.2 cm³/mol. The molecule has 0 aliphatic heterocycles. The van der Waals surface area contributed by atoms with Gasteiger partial charge in [-0.2, -0.15) is 0 Å². The molecule has 1 amide bonds. The van der Waals surface area contributed by atoms with Crippen molar-refractivity contribution in [3.63, 3.8) is 0 Å². The van der Waals surface area contributed by atoms with Crippen LogP contribution < -0.4 is 14.8 Å². The molecule has 0 aliphatic rings. The summed E-state index contributed by atoms with van der Waals surface area (Å²) in [5, 5.41) is 2.69. The van der Waals surface area contributed by atoms with Crippen molar-refractivity contribution < 1.29 is 18.7 Å². The zero-order valence-electron chi connectivity index (χ0n) is 12.2. The van der Waals surface area contributed by atoms with Crippen LogP contribution in [0.25, 0.3) is 0 Å². The number of halogens is 2. The van der Waals surface area contributed by atoms with Gasteiger partial charge >= 0.3 is 0 Å². The first kappa shape index (κ1) is 16.3. The number of carbonyl (C=O) groups excluding carboxylic acids is 1. The predicted octanol–water partition coefficient (Wildman–Crippen LogP) is 4.25. The van der Waals surface area contributed by atoms with E-state index in [1.807, 2.05) is 6.92 Å². The van der Waals surface area contributed by atoms with Gasteiger partial charge in [0, 0.05) is 11.3 Å². The molecule has 0 atom stereocenters. The fourth-order valence-electron chi connectivity index (χ4n) is 1.87. The van der Waals surface area contributed by atoms with Gasteiger partial charge in [0.15, 0.2) is 11.5 Å². The molecular weight excluding hydrogens is 353 g/mol. The number of amides is 1. The Bertz CT molecular complexity index is 674. The molecule has 2 aromatic rings. The van der Waals surface area contributed by atoms with Crippen molar-refractivity contribution in [2.75, 3.05) is 19.0 Å². The van der Waals surface area contributed by atoms with Crippen LogP contribution in [0.4, 0.5) is 10.1 Å². The minimum absolute atomic E-state index is 0.325. The number of carbonyl (C=O) groups is 1. The molecule has 2 aromatic carbocycles. The highest BCUT2D eigenvalue weighted by Crippen LogP contribution is 2.36. The van der Waals surface area contributed by atoms with Crippen molar-refractivity contribution in [1.82, 2.24) is 0 Å². The van der Waals surface area contributed by atoms with E-state index >= 15 is 0 Å². The average Bonchev–Trinajstić information content (AvgIpc) is 2.51. The molecule has 0 spiro atoms. The molecule has 0 heterocycles. The lowest BCUT2D eigenvalue weighted by atomic mass is 10.1. The van der Waals surface area contributed by atoms with Gasteiger partial charge in [-0.05, 0) is 59.3 Å². The van der Waals surface area contributed by atoms with Crippen LogP contribution in [-0.2, 0) is 0 Å². The van der Waals surface area contributed by atoms with Crippen molar-refractivity contribution in [2.45, 2.75) is 6.92 Å². The Labute approximate surface area is 136 Å². The SMILES string of the molecule is CCOc1c(Br)cc(C(=O)Nc2ccc(F)cc2)cc1OC. The summed E-state index contributed by atoms with van der Waals surface area (Å²) < 4.78 is 24.2. The third-order valence-electron chi connectivity index (χ3n) is 2.88. The quantitative estimate of drug-likeness (QED) is 0.859. The van der Waals surface area contributed by atoms with Gasteiger partial charge in [0.1, 0.15) is 5.82 Å². The van der Waals surface area contributed by atoms with Crippen LogP contribution in [0, 0.1) is 5.82 Å². The second kappa shape index (κ2) is 7.26. The fraction of sp³-hybridized carbons (Fsp3) is 0.188. The summed E-state index contributed by atoms with van der Waals surface area (Å²) in [6.45, 7) is 2.34. The zero-order valence-corrected chi connectivity index (χ0v) is 13.7. The van der Waals surface area contributed by atoms with E-state index in [0.717, 1.165) is 0 Å². The lowest BCUT2D eigenvalue weighted by Gasteiger charge is -2.13. The molecule has 4 nitrogen and oxygen atoms in total. The molecule has 0 fully saturated rings. The molecule has 0 radical (unpaired) electrons. The summed E-state index contributed by atoms with van der Waals surface area (Å²) in [5.74, 6) is 0.320. The summed E-state index contributed by atoms with van der Waals surface area (Å²) in [7, 11) is 1.51. The first-order valence-electron chi connectivity index (χ1n) is 6.62. The molecule has 0 saturated carbocycles. The summed E-state index contributed by atoms with van der Waals surface area (Å²) in [6.07, 6.45) is 0. The number of hydrogen-bond acceptors (Lipinski definition) is 3. The third-order valence-corrected chi connectivity index (χ3v) is 3.47. The van der Waals surface area contributed by atoms with E-state index < -0.39 is 0 Å². The van der Waals surface area contributed by atoms with Crippen LogP contribution >= 0.6 is 15.9 Å². The van der Waals surface area contributed by atoms with Crippen molar-refractivity contribution in [1.29, 1.82) is 0 Å². The Hall–Kier alpha value is -2.08. The Morgan fingerprint density at radius 3 is 2.55 bits per heavy atom. The summed E-state index contributed by atoms with van der Waals surface area (Å²) in [4.78, 5) is 12.3. The maximum atomic E-state index is 12.9. The van der Waals surface area contributed by atoms with E-state index in [1.165, 1.54) is 31.4 Å². The van der Waals surface area contributed by atoms with Gasteiger partial charge in [-0.15, -0.1) is 0 Å². The van der Waals surface area contributed by atoms with Crippen molar-refractivity contribution >= 4 is 27.5 Å². The van der Waals surface area contributed by atoms with Gasteiger partial charge in [0.05, 0.1) is 18.2 Å². The van der Waals surface area contributed by atoms with Crippen LogP contribution in [-0.4, -0.2) is 19.6 Å². The first-order chi connectivity index (χ1) is 10.5. The van der Waals surface area contributed by atoms with E-state index in [4.69, 9.17) is 9.47 Å². The molecule has 0 aromatic heterocycles. The van der Waals surface area contributed by atoms with E-state index in [9.17, 15) is 9.18 Å². The van der Waals surface area contributed by atoms with E-state index in [-0.39, 0.29) is 11.7 Å². The van der Waals surface area contributed by atoms with Gasteiger partial charge in [-0.3, -0.25) is 4.79 Å². The highest BCUT2D eigenvalue weighted by molar-refractivity contribution is 9.10. The second-order valence-corrected chi connectivity index (χ2v) is 5.24. The third kappa shape index (κ3) is 3.76. The largest absolute Gasteiger partial charge is 0.493 e. The van der Waals surface area contributed by atoms with Crippen LogP contribution in [0.3, 0.4) is 0 Å². The molecule has 2 rings (SSSR count). The second-order valence-electron chi connectivity index (χ2n) is 4.38. The Balaban J connectivity index is 2.26. The number of methoxy groups -OCH3 is 1. The van der Waals surface area contributed by atoms with Gasteiger partial charge in [-0.25, -0.2) is 4.39 Å². The molecule has 6 heteroatoms. The number of hydrogen-bond donors (Lipinski definition) is 1. The number of benzene rings is 2. The topological polar surface area (TPSA) is 47.6 Å². The summed E-state index contributed by atoms with van der Waals surface area (Å²) in [6, 6.07) is 8.79. The molecule has 116 valence electrons. The monoisotopic (exact) mass is 367 g/mol. The molecule has 1 N–H and O–H groups in total. The van der Waals surface area contributed by atoms with Crippen LogP contribution in [0.15, 0.2) is 40.9 Å². The molecule has 0 aliphatic carbocycles. The number of nitrogens with one attached hydrogen (secondary N) is 1. The van der Waals surface area contributed by atoms with Gasteiger partial charge < -0.3 is 14.8 Å². The van der Waals surface area contributed by atoms with Crippen molar-refractivity contribution in [2.24, 2.45) is 0 Å². The highest BCUT2D eigenvalue weighted by Gasteiger charge is 2.15. The minimum Gasteiger partial charge on any atom is -0.493 e. The standard InChI is InChI=1S/C16H15BrFNO3/c1-3-22-15-13(17)8-10(9-14(15)21-2)16(20)19-12-6-4-11(18)5-7-12/h4-9H,3H2,1-2H3,(H,19,20). The summed E-state index contributed by atoms with van der Waals surface area (Å²) in [5.41, 5.74) is 0.909. The maximum Gasteiger partial charge on any atom is 0.255 e. The number of anilines is 1. The molecule has 0 unspecified atom stereocenters. The van der Waals surface area contributed by atoms with Gasteiger partial charge in [-0.1, -0.05) is 0 Å². The molecule has 0 saturated heterocycles. The number of ether oxygens (including phenoxy) is 2. The van der Waals surface area contributed by atoms with Gasteiger partial charge in [0.25, 0.3) is 5.91 Å². The molecule has 0 bridgehead atoms. The van der Waals surface area contributed by atoms with Crippen LogP contribution in [0.5, 0.6) is 11.5 Å². The highest BCUT2D eigenvalue weighted by atomic mass is 79.9. The Morgan fingerprint density at radius 2 is 1.95 bits per heavy atom. The minimum atomic E-state index is -0.358. The van der Waals surface area contributed by atoms with E-state index in [1.54, 1.807) is 12.1 Å². The summed E-state index contributed by atoms with van der Waals surface area (Å²) >= 11 is 3.37. The van der Waals surface area contributed by atoms with E-state index in [0.29, 0.717) is 33.8 Å². The zero-order chi connectivity index (χ0) is 16.1. The number of rotatable bonds is 5. The van der Waals surface area contributed by atoms with Crippen molar-refractivity contribution in [3.8, 4) is 11.5 Å². The van der Waals surface area contributed by atoms with Crippen LogP contribution in [0.2, 0.25) is 0 Å². The lowest BCUT2D eigenvalue weighted by molar-refractivity contribution is 0.102. The smallest absolute Gasteiger partial charge is 0.255 e. The van der Waals surface area contributed by atoms with Crippen LogP contribution in [0.1, 0.15) is 17.3 Å². The van der Waals surface area contributed by atoms with E-state index in [2.05, 4.69) is 21.2 Å². The van der Waals surface area contributed by atoms with Crippen molar-refractivity contribution in [3.05, 3.63) is 52.3 Å². The lowest BCUT2D eigenvalue weighted by Crippen LogP contribution is -2.12.